The number of anilines is 1. The molecule has 0 unspecified atom stereocenters. The van der Waals surface area contributed by atoms with Crippen molar-refractivity contribution in [3.05, 3.63) is 83.9 Å². The maximum Gasteiger partial charge on any atom is 0.250 e. The van der Waals surface area contributed by atoms with Crippen molar-refractivity contribution in [2.24, 2.45) is 0 Å². The van der Waals surface area contributed by atoms with E-state index in [-0.39, 0.29) is 11.0 Å². The highest BCUT2D eigenvalue weighted by molar-refractivity contribution is 7.80. The van der Waals surface area contributed by atoms with Crippen LogP contribution in [0.15, 0.2) is 72.8 Å². The number of fused-ring (bicyclic) bond motifs is 1. The van der Waals surface area contributed by atoms with Gasteiger partial charge in [0.1, 0.15) is 16.8 Å². The minimum Gasteiger partial charge on any atom is -0.494 e. The molecule has 0 aliphatic heterocycles. The summed E-state index contributed by atoms with van der Waals surface area (Å²) in [7, 11) is 0. The molecule has 1 heterocycles. The van der Waals surface area contributed by atoms with Crippen molar-refractivity contribution >= 4 is 46.0 Å². The number of ether oxygens (including phenoxy) is 1. The molecule has 0 atom stereocenters. The van der Waals surface area contributed by atoms with E-state index in [1.54, 1.807) is 10.9 Å². The van der Waals surface area contributed by atoms with Crippen molar-refractivity contribution in [2.45, 2.75) is 13.8 Å². The molecule has 33 heavy (non-hydrogen) atoms. The van der Waals surface area contributed by atoms with Crippen LogP contribution in [0.2, 0.25) is 0 Å². The number of nitrogens with zero attached hydrogens (tertiary/aromatic N) is 3. The van der Waals surface area contributed by atoms with Gasteiger partial charge in [-0.1, -0.05) is 30.3 Å². The second-order valence-electron chi connectivity index (χ2n) is 7.26. The molecule has 166 valence electrons. The van der Waals surface area contributed by atoms with E-state index in [2.05, 4.69) is 20.8 Å². The van der Waals surface area contributed by atoms with Crippen LogP contribution in [-0.2, 0) is 4.79 Å². The molecule has 3 aromatic carbocycles. The maximum atomic E-state index is 12.2. The van der Waals surface area contributed by atoms with Crippen LogP contribution in [0, 0.1) is 6.92 Å². The predicted octanol–water partition coefficient (Wildman–Crippen LogP) is 4.65. The summed E-state index contributed by atoms with van der Waals surface area (Å²) >= 11 is 5.31. The molecular formula is C25H23N5O2S. The first-order chi connectivity index (χ1) is 16.0. The van der Waals surface area contributed by atoms with E-state index in [0.717, 1.165) is 33.8 Å². The van der Waals surface area contributed by atoms with Gasteiger partial charge in [-0.05, 0) is 79.7 Å². The van der Waals surface area contributed by atoms with Crippen LogP contribution < -0.4 is 15.4 Å². The summed E-state index contributed by atoms with van der Waals surface area (Å²) in [5, 5.41) is 15.1. The highest BCUT2D eigenvalue weighted by atomic mass is 32.1. The van der Waals surface area contributed by atoms with Crippen molar-refractivity contribution < 1.29 is 9.53 Å². The Hall–Kier alpha value is -4.04. The molecule has 8 heteroatoms. The molecule has 0 aliphatic rings. The normalized spacial score (nSPS) is 11.0. The van der Waals surface area contributed by atoms with Gasteiger partial charge in [-0.25, -0.2) is 0 Å². The zero-order chi connectivity index (χ0) is 23.2. The molecule has 1 amide bonds. The summed E-state index contributed by atoms with van der Waals surface area (Å²) in [6.45, 7) is 4.50. The lowest BCUT2D eigenvalue weighted by atomic mass is 10.2. The smallest absolute Gasteiger partial charge is 0.250 e. The molecule has 2 N–H and O–H groups in total. The number of aryl methyl sites for hydroxylation is 1. The minimum atomic E-state index is -0.309. The number of hydrogen-bond donors (Lipinski definition) is 2. The lowest BCUT2D eigenvalue weighted by Crippen LogP contribution is -2.33. The summed E-state index contributed by atoms with van der Waals surface area (Å²) in [5.74, 6) is 0.492. The first-order valence-electron chi connectivity index (χ1n) is 10.5. The number of thiocarbonyl (C=S) groups is 1. The topological polar surface area (TPSA) is 81.1 Å². The molecular weight excluding hydrogens is 434 g/mol. The summed E-state index contributed by atoms with van der Waals surface area (Å²) < 4.78 is 5.48. The van der Waals surface area contributed by atoms with Crippen LogP contribution >= 0.6 is 12.2 Å². The second-order valence-corrected chi connectivity index (χ2v) is 7.67. The van der Waals surface area contributed by atoms with Crippen LogP contribution in [0.5, 0.6) is 5.75 Å². The first kappa shape index (κ1) is 22.2. The third-order valence-electron chi connectivity index (χ3n) is 4.82. The van der Waals surface area contributed by atoms with E-state index in [9.17, 15) is 4.79 Å². The van der Waals surface area contributed by atoms with Crippen LogP contribution in [0.25, 0.3) is 22.8 Å². The first-order valence-corrected chi connectivity index (χ1v) is 10.9. The summed E-state index contributed by atoms with van der Waals surface area (Å²) in [6, 6.07) is 21.0. The highest BCUT2D eigenvalue weighted by Gasteiger charge is 2.10. The molecule has 0 radical (unpaired) electrons. The van der Waals surface area contributed by atoms with Gasteiger partial charge < -0.3 is 10.1 Å². The fraction of sp³-hybridized carbons (Fsp3) is 0.120. The van der Waals surface area contributed by atoms with E-state index >= 15 is 0 Å². The van der Waals surface area contributed by atoms with E-state index in [0.29, 0.717) is 12.1 Å². The average molecular weight is 458 g/mol. The fourth-order valence-corrected chi connectivity index (χ4v) is 3.41. The van der Waals surface area contributed by atoms with Gasteiger partial charge in [-0.15, -0.1) is 10.2 Å². The van der Waals surface area contributed by atoms with Crippen molar-refractivity contribution in [3.63, 3.8) is 0 Å². The van der Waals surface area contributed by atoms with Crippen LogP contribution in [0.4, 0.5) is 5.69 Å². The monoisotopic (exact) mass is 457 g/mol. The zero-order valence-electron chi connectivity index (χ0n) is 18.3. The van der Waals surface area contributed by atoms with Gasteiger partial charge in [-0.3, -0.25) is 10.1 Å². The number of benzene rings is 3. The number of carbonyl (C=O) groups excluding carboxylic acids is 1. The molecule has 0 saturated carbocycles. The van der Waals surface area contributed by atoms with Crippen LogP contribution in [0.1, 0.15) is 18.1 Å². The van der Waals surface area contributed by atoms with Crippen molar-refractivity contribution in [2.75, 3.05) is 11.9 Å². The lowest BCUT2D eigenvalue weighted by Gasteiger charge is -2.10. The second kappa shape index (κ2) is 10.1. The SMILES string of the molecule is CCOc1ccc(-n2nc3cc(C)c(NC(=S)NC(=O)/C=C/c4ccccc4)cc3n2)cc1. The van der Waals surface area contributed by atoms with Gasteiger partial charge in [0, 0.05) is 11.8 Å². The number of rotatable bonds is 6. The van der Waals surface area contributed by atoms with Crippen molar-refractivity contribution in [1.29, 1.82) is 0 Å². The van der Waals surface area contributed by atoms with Gasteiger partial charge in [0.15, 0.2) is 5.11 Å². The highest BCUT2D eigenvalue weighted by Crippen LogP contribution is 2.23. The third-order valence-corrected chi connectivity index (χ3v) is 5.02. The van der Waals surface area contributed by atoms with Crippen LogP contribution in [-0.4, -0.2) is 32.6 Å². The Morgan fingerprint density at radius 2 is 1.76 bits per heavy atom. The molecule has 0 spiro atoms. The Morgan fingerprint density at radius 1 is 1.06 bits per heavy atom. The number of aromatic nitrogens is 3. The standard InChI is InChI=1S/C25H23N5O2S/c1-3-32-20-12-10-19(11-13-20)30-28-22-15-17(2)21(16-23(22)29-30)26-25(33)27-24(31)14-9-18-7-5-4-6-8-18/h4-16H,3H2,1-2H3,(H2,26,27,31,33)/b14-9+. The Labute approximate surface area is 197 Å². The Kier molecular flexibility index (Phi) is 6.75. The Balaban J connectivity index is 1.45. The summed E-state index contributed by atoms with van der Waals surface area (Å²) in [4.78, 5) is 13.8. The largest absolute Gasteiger partial charge is 0.494 e. The molecule has 0 bridgehead atoms. The Morgan fingerprint density at radius 3 is 2.45 bits per heavy atom. The van der Waals surface area contributed by atoms with E-state index < -0.39 is 0 Å². The number of carbonyl (C=O) groups is 1. The summed E-state index contributed by atoms with van der Waals surface area (Å²) in [5.41, 5.74) is 4.90. The fourth-order valence-electron chi connectivity index (χ4n) is 3.20. The quantitative estimate of drug-likeness (QED) is 0.324. The minimum absolute atomic E-state index is 0.207. The third kappa shape index (κ3) is 5.61. The van der Waals surface area contributed by atoms with Gasteiger partial charge in [0.2, 0.25) is 5.91 Å². The van der Waals surface area contributed by atoms with Gasteiger partial charge >= 0.3 is 0 Å². The molecule has 7 nitrogen and oxygen atoms in total. The van der Waals surface area contributed by atoms with Crippen molar-refractivity contribution in [3.8, 4) is 11.4 Å². The molecule has 0 fully saturated rings. The van der Waals surface area contributed by atoms with E-state index in [4.69, 9.17) is 17.0 Å². The number of amides is 1. The Bertz CT molecular complexity index is 1310. The number of hydrogen-bond acceptors (Lipinski definition) is 5. The molecule has 1 aromatic heterocycles. The van der Waals surface area contributed by atoms with Crippen LogP contribution in [0.3, 0.4) is 0 Å². The zero-order valence-corrected chi connectivity index (χ0v) is 19.1. The van der Waals surface area contributed by atoms with Gasteiger partial charge in [0.05, 0.1) is 12.3 Å². The lowest BCUT2D eigenvalue weighted by molar-refractivity contribution is -0.115. The maximum absolute atomic E-state index is 12.2. The summed E-state index contributed by atoms with van der Waals surface area (Å²) in [6.07, 6.45) is 3.18. The van der Waals surface area contributed by atoms with E-state index in [1.807, 2.05) is 80.6 Å². The van der Waals surface area contributed by atoms with E-state index in [1.165, 1.54) is 6.08 Å². The predicted molar refractivity (Wildman–Crippen MR) is 135 cm³/mol. The molecule has 4 aromatic rings. The number of nitrogens with one attached hydrogen (secondary N) is 2. The molecule has 0 saturated heterocycles. The molecule has 4 rings (SSSR count). The van der Waals surface area contributed by atoms with Gasteiger partial charge in [0.25, 0.3) is 0 Å². The molecule has 0 aliphatic carbocycles. The van der Waals surface area contributed by atoms with Crippen molar-refractivity contribution in [1.82, 2.24) is 20.3 Å². The van der Waals surface area contributed by atoms with Gasteiger partial charge in [-0.2, -0.15) is 4.80 Å². The average Bonchev–Trinajstić information content (AvgIpc) is 3.22.